The summed E-state index contributed by atoms with van der Waals surface area (Å²) in [5, 5.41) is 0. The normalized spacial score (nSPS) is 15.3. The van der Waals surface area contributed by atoms with Crippen molar-refractivity contribution in [2.45, 2.75) is 31.1 Å². The number of hydrogen-bond acceptors (Lipinski definition) is 2. The van der Waals surface area contributed by atoms with Gasteiger partial charge in [-0.1, -0.05) is 24.3 Å². The van der Waals surface area contributed by atoms with Gasteiger partial charge in [-0.25, -0.2) is 12.8 Å². The molecule has 0 radical (unpaired) electrons. The number of allylic oxidation sites excluding steroid dienone is 2. The van der Waals surface area contributed by atoms with E-state index in [-0.39, 0.29) is 5.82 Å². The Morgan fingerprint density at radius 2 is 1.61 bits per heavy atom. The van der Waals surface area contributed by atoms with Crippen molar-refractivity contribution >= 4 is 21.0 Å². The Morgan fingerprint density at radius 3 is 2.22 bits per heavy atom. The van der Waals surface area contributed by atoms with Crippen molar-refractivity contribution in [2.75, 3.05) is 6.26 Å². The summed E-state index contributed by atoms with van der Waals surface area (Å²) in [6, 6.07) is 12.2. The highest BCUT2D eigenvalue weighted by Gasteiger charge is 2.20. The van der Waals surface area contributed by atoms with Gasteiger partial charge in [0, 0.05) is 11.8 Å². The summed E-state index contributed by atoms with van der Waals surface area (Å²) in [5.41, 5.74) is 4.70. The van der Waals surface area contributed by atoms with Crippen LogP contribution in [0.15, 0.2) is 47.4 Å². The highest BCUT2D eigenvalue weighted by atomic mass is 32.2. The fraction of sp³-hybridized carbons (Fsp3) is 0.263. The van der Waals surface area contributed by atoms with E-state index >= 15 is 0 Å². The second kappa shape index (κ2) is 5.93. The van der Waals surface area contributed by atoms with Gasteiger partial charge in [0.05, 0.1) is 4.90 Å². The molecule has 0 N–H and O–H groups in total. The van der Waals surface area contributed by atoms with Crippen LogP contribution in [0.5, 0.6) is 0 Å². The summed E-state index contributed by atoms with van der Waals surface area (Å²) in [6.45, 7) is 1.88. The molecule has 2 aromatic rings. The molecule has 1 aliphatic carbocycles. The molecule has 1 aliphatic rings. The molecule has 0 heterocycles. The lowest BCUT2D eigenvalue weighted by atomic mass is 9.96. The number of benzene rings is 2. The van der Waals surface area contributed by atoms with E-state index in [2.05, 4.69) is 0 Å². The molecular weight excluding hydrogens is 311 g/mol. The smallest absolute Gasteiger partial charge is 0.175 e. The monoisotopic (exact) mass is 330 g/mol. The Balaban J connectivity index is 2.06. The van der Waals surface area contributed by atoms with Crippen LogP contribution in [0.3, 0.4) is 0 Å². The van der Waals surface area contributed by atoms with Gasteiger partial charge in [-0.3, -0.25) is 0 Å². The quantitative estimate of drug-likeness (QED) is 0.822. The second-order valence-electron chi connectivity index (χ2n) is 6.09. The molecule has 2 aromatic carbocycles. The van der Waals surface area contributed by atoms with E-state index in [1.54, 1.807) is 18.2 Å². The molecule has 4 heteroatoms. The molecule has 0 aromatic heterocycles. The van der Waals surface area contributed by atoms with Gasteiger partial charge in [0.15, 0.2) is 9.84 Å². The summed E-state index contributed by atoms with van der Waals surface area (Å²) >= 11 is 0. The van der Waals surface area contributed by atoms with Crippen molar-refractivity contribution in [1.29, 1.82) is 0 Å². The van der Waals surface area contributed by atoms with Gasteiger partial charge in [0.2, 0.25) is 0 Å². The van der Waals surface area contributed by atoms with Crippen LogP contribution in [0, 0.1) is 12.7 Å². The Labute approximate surface area is 136 Å². The van der Waals surface area contributed by atoms with Crippen LogP contribution in [0.4, 0.5) is 4.39 Å². The van der Waals surface area contributed by atoms with E-state index in [1.807, 2.05) is 31.2 Å². The molecule has 0 unspecified atom stereocenters. The Hall–Kier alpha value is -1.94. The van der Waals surface area contributed by atoms with Gasteiger partial charge in [0.1, 0.15) is 5.82 Å². The van der Waals surface area contributed by atoms with E-state index in [4.69, 9.17) is 0 Å². The third-order valence-corrected chi connectivity index (χ3v) is 5.43. The van der Waals surface area contributed by atoms with E-state index in [0.717, 1.165) is 41.5 Å². The van der Waals surface area contributed by atoms with Crippen molar-refractivity contribution in [3.63, 3.8) is 0 Å². The van der Waals surface area contributed by atoms with E-state index in [0.29, 0.717) is 10.5 Å². The molecule has 0 bridgehead atoms. The molecule has 0 atom stereocenters. The molecule has 120 valence electrons. The molecule has 0 fully saturated rings. The molecule has 0 amide bonds. The van der Waals surface area contributed by atoms with Gasteiger partial charge in [-0.2, -0.15) is 0 Å². The predicted molar refractivity (Wildman–Crippen MR) is 91.4 cm³/mol. The third-order valence-electron chi connectivity index (χ3n) is 4.30. The van der Waals surface area contributed by atoms with Gasteiger partial charge < -0.3 is 0 Å². The van der Waals surface area contributed by atoms with Crippen molar-refractivity contribution in [1.82, 2.24) is 0 Å². The second-order valence-corrected chi connectivity index (χ2v) is 8.11. The summed E-state index contributed by atoms with van der Waals surface area (Å²) in [7, 11) is -3.20. The third kappa shape index (κ3) is 3.22. The van der Waals surface area contributed by atoms with Crippen LogP contribution < -0.4 is 0 Å². The van der Waals surface area contributed by atoms with Gasteiger partial charge in [0.25, 0.3) is 0 Å². The number of sulfone groups is 1. The SMILES string of the molecule is Cc1ccc(C2=C(c3ccc(S(C)(=O)=O)cc3)CCC2)c(F)c1. The molecule has 0 saturated heterocycles. The first-order chi connectivity index (χ1) is 10.9. The first-order valence-electron chi connectivity index (χ1n) is 7.65. The summed E-state index contributed by atoms with van der Waals surface area (Å²) in [6.07, 6.45) is 3.93. The van der Waals surface area contributed by atoms with E-state index < -0.39 is 9.84 Å². The van der Waals surface area contributed by atoms with Crippen LogP contribution in [0.2, 0.25) is 0 Å². The lowest BCUT2D eigenvalue weighted by Crippen LogP contribution is -1.97. The fourth-order valence-corrected chi connectivity index (χ4v) is 3.76. The topological polar surface area (TPSA) is 34.1 Å². The minimum Gasteiger partial charge on any atom is -0.224 e. The van der Waals surface area contributed by atoms with Crippen molar-refractivity contribution in [2.24, 2.45) is 0 Å². The molecule has 2 nitrogen and oxygen atoms in total. The minimum atomic E-state index is -3.20. The Morgan fingerprint density at radius 1 is 0.957 bits per heavy atom. The number of aryl methyl sites for hydroxylation is 1. The van der Waals surface area contributed by atoms with Crippen LogP contribution in [-0.2, 0) is 9.84 Å². The number of hydrogen-bond donors (Lipinski definition) is 0. The predicted octanol–water partition coefficient (Wildman–Crippen LogP) is 4.63. The van der Waals surface area contributed by atoms with Gasteiger partial charge in [-0.15, -0.1) is 0 Å². The Kier molecular flexibility index (Phi) is 4.11. The van der Waals surface area contributed by atoms with E-state index in [1.165, 1.54) is 6.26 Å². The van der Waals surface area contributed by atoms with Crippen LogP contribution in [-0.4, -0.2) is 14.7 Å². The van der Waals surface area contributed by atoms with Crippen molar-refractivity contribution < 1.29 is 12.8 Å². The molecule has 3 rings (SSSR count). The number of halogens is 1. The zero-order valence-electron chi connectivity index (χ0n) is 13.3. The van der Waals surface area contributed by atoms with E-state index in [9.17, 15) is 12.8 Å². The lowest BCUT2D eigenvalue weighted by molar-refractivity contribution is 0.602. The zero-order chi connectivity index (χ0) is 16.6. The lowest BCUT2D eigenvalue weighted by Gasteiger charge is -2.10. The van der Waals surface area contributed by atoms with Crippen molar-refractivity contribution in [3.8, 4) is 0 Å². The van der Waals surface area contributed by atoms with Gasteiger partial charge in [-0.05, 0) is 66.7 Å². The molecule has 0 spiro atoms. The Bertz CT molecular complexity index is 878. The first-order valence-corrected chi connectivity index (χ1v) is 9.54. The highest BCUT2D eigenvalue weighted by Crippen LogP contribution is 2.40. The molecular formula is C19H19FO2S. The van der Waals surface area contributed by atoms with Gasteiger partial charge >= 0.3 is 0 Å². The van der Waals surface area contributed by atoms with Crippen LogP contribution in [0.1, 0.15) is 36.0 Å². The van der Waals surface area contributed by atoms with Crippen LogP contribution in [0.25, 0.3) is 11.1 Å². The highest BCUT2D eigenvalue weighted by molar-refractivity contribution is 7.90. The zero-order valence-corrected chi connectivity index (χ0v) is 14.1. The summed E-state index contributed by atoms with van der Waals surface area (Å²) in [4.78, 5) is 0.308. The minimum absolute atomic E-state index is 0.188. The maximum absolute atomic E-state index is 14.3. The average molecular weight is 330 g/mol. The summed E-state index contributed by atoms with van der Waals surface area (Å²) < 4.78 is 37.4. The summed E-state index contributed by atoms with van der Waals surface area (Å²) in [5.74, 6) is -0.188. The molecule has 0 saturated carbocycles. The molecule has 23 heavy (non-hydrogen) atoms. The van der Waals surface area contributed by atoms with Crippen LogP contribution >= 0.6 is 0 Å². The largest absolute Gasteiger partial charge is 0.224 e. The average Bonchev–Trinajstić information content (AvgIpc) is 2.95. The fourth-order valence-electron chi connectivity index (χ4n) is 3.13. The standard InChI is InChI=1S/C19H19FO2S/c1-13-6-11-18(19(20)12-13)17-5-3-4-16(17)14-7-9-15(10-8-14)23(2,21)22/h6-12H,3-5H2,1-2H3. The maximum atomic E-state index is 14.3. The maximum Gasteiger partial charge on any atom is 0.175 e. The van der Waals surface area contributed by atoms with Crippen molar-refractivity contribution in [3.05, 3.63) is 65.0 Å². The first kappa shape index (κ1) is 15.9. The molecule has 0 aliphatic heterocycles. The number of rotatable bonds is 3.